The first kappa shape index (κ1) is 18.8. The molecule has 0 saturated carbocycles. The number of halogens is 2. The van der Waals surface area contributed by atoms with Crippen LogP contribution in [0.2, 0.25) is 5.02 Å². The molecule has 1 aliphatic carbocycles. The van der Waals surface area contributed by atoms with Crippen LogP contribution in [0.5, 0.6) is 5.75 Å². The van der Waals surface area contributed by atoms with E-state index < -0.39 is 5.82 Å². The number of aromatic nitrogens is 2. The second-order valence-electron chi connectivity index (χ2n) is 6.24. The van der Waals surface area contributed by atoms with Gasteiger partial charge in [-0.05, 0) is 36.4 Å². The molecule has 0 amide bonds. The Morgan fingerprint density at radius 3 is 2.93 bits per heavy atom. The molecule has 2 heterocycles. The van der Waals surface area contributed by atoms with Crippen molar-refractivity contribution in [3.63, 3.8) is 0 Å². The molecule has 2 aliphatic rings. The number of hydrogen-bond donors (Lipinski definition) is 3. The summed E-state index contributed by atoms with van der Waals surface area (Å²) in [5, 5.41) is 6.42. The van der Waals surface area contributed by atoms with Gasteiger partial charge in [0.2, 0.25) is 5.95 Å². The molecule has 9 heteroatoms. The van der Waals surface area contributed by atoms with E-state index in [9.17, 15) is 4.39 Å². The molecule has 1 aromatic carbocycles. The summed E-state index contributed by atoms with van der Waals surface area (Å²) >= 11 is 6.13. The third kappa shape index (κ3) is 4.02. The first-order valence-electron chi connectivity index (χ1n) is 8.66. The lowest BCUT2D eigenvalue weighted by molar-refractivity contribution is 0.351. The van der Waals surface area contributed by atoms with Gasteiger partial charge in [0, 0.05) is 29.1 Å². The summed E-state index contributed by atoms with van der Waals surface area (Å²) < 4.78 is 24.8. The molecular formula is C20H17ClFN5O2. The fourth-order valence-electron chi connectivity index (χ4n) is 2.88. The molecule has 0 spiro atoms. The second kappa shape index (κ2) is 7.84. The first-order chi connectivity index (χ1) is 14.0. The zero-order chi connectivity index (χ0) is 20.4. The Bertz CT molecular complexity index is 1090. The van der Waals surface area contributed by atoms with Crippen molar-refractivity contribution in [3.05, 3.63) is 82.5 Å². The lowest BCUT2D eigenvalue weighted by Crippen LogP contribution is -2.14. The largest absolute Gasteiger partial charge is 0.495 e. The van der Waals surface area contributed by atoms with Crippen molar-refractivity contribution in [2.24, 2.45) is 5.73 Å². The fourth-order valence-corrected chi connectivity index (χ4v) is 3.13. The van der Waals surface area contributed by atoms with E-state index in [0.717, 1.165) is 17.5 Å². The van der Waals surface area contributed by atoms with Crippen LogP contribution < -0.4 is 21.1 Å². The van der Waals surface area contributed by atoms with Gasteiger partial charge in [-0.25, -0.2) is 9.37 Å². The smallest absolute Gasteiger partial charge is 0.229 e. The molecule has 0 unspecified atom stereocenters. The highest BCUT2D eigenvalue weighted by atomic mass is 35.5. The number of ether oxygens (including phenoxy) is 2. The van der Waals surface area contributed by atoms with Gasteiger partial charge in [-0.1, -0.05) is 11.6 Å². The minimum absolute atomic E-state index is 0.0386. The Morgan fingerprint density at radius 1 is 1.28 bits per heavy atom. The molecule has 0 bridgehead atoms. The highest BCUT2D eigenvalue weighted by Gasteiger charge is 2.20. The Labute approximate surface area is 171 Å². The molecule has 1 aromatic heterocycles. The van der Waals surface area contributed by atoms with Gasteiger partial charge in [0.1, 0.15) is 11.5 Å². The Kier molecular flexibility index (Phi) is 5.09. The van der Waals surface area contributed by atoms with E-state index in [4.69, 9.17) is 26.8 Å². The summed E-state index contributed by atoms with van der Waals surface area (Å²) in [6.45, 7) is 0. The van der Waals surface area contributed by atoms with E-state index in [2.05, 4.69) is 20.6 Å². The average molecular weight is 414 g/mol. The zero-order valence-electron chi connectivity index (χ0n) is 15.4. The molecule has 4 rings (SSSR count). The van der Waals surface area contributed by atoms with E-state index in [0.29, 0.717) is 34.3 Å². The van der Waals surface area contributed by atoms with Gasteiger partial charge in [-0.3, -0.25) is 0 Å². The number of hydrogen-bond acceptors (Lipinski definition) is 7. The minimum atomic E-state index is -0.583. The Balaban J connectivity index is 1.54. The maximum Gasteiger partial charge on any atom is 0.229 e. The minimum Gasteiger partial charge on any atom is -0.495 e. The van der Waals surface area contributed by atoms with Gasteiger partial charge in [-0.15, -0.1) is 0 Å². The molecule has 0 radical (unpaired) electrons. The molecule has 148 valence electrons. The lowest BCUT2D eigenvalue weighted by atomic mass is 9.99. The van der Waals surface area contributed by atoms with Crippen LogP contribution in [0.25, 0.3) is 0 Å². The number of nitrogens with zero attached hydrogens (tertiary/aromatic N) is 2. The molecule has 0 saturated heterocycles. The normalized spacial score (nSPS) is 15.1. The summed E-state index contributed by atoms with van der Waals surface area (Å²) in [6.07, 6.45) is 8.33. The maximum absolute atomic E-state index is 14.3. The van der Waals surface area contributed by atoms with Gasteiger partial charge >= 0.3 is 0 Å². The average Bonchev–Trinajstić information content (AvgIpc) is 2.71. The highest BCUT2D eigenvalue weighted by Crippen LogP contribution is 2.31. The number of nitrogens with one attached hydrogen (secondary N) is 2. The monoisotopic (exact) mass is 413 g/mol. The summed E-state index contributed by atoms with van der Waals surface area (Å²) in [5.41, 5.74) is 8.81. The van der Waals surface area contributed by atoms with Crippen molar-refractivity contribution >= 4 is 29.1 Å². The quantitative estimate of drug-likeness (QED) is 0.670. The van der Waals surface area contributed by atoms with Crippen molar-refractivity contribution in [3.8, 4) is 5.75 Å². The van der Waals surface area contributed by atoms with Gasteiger partial charge in [0.05, 0.1) is 24.6 Å². The van der Waals surface area contributed by atoms with Crippen LogP contribution >= 0.6 is 11.6 Å². The van der Waals surface area contributed by atoms with Crippen LogP contribution in [-0.4, -0.2) is 17.1 Å². The number of nitrogens with two attached hydrogens (primary N) is 1. The van der Waals surface area contributed by atoms with Crippen LogP contribution in [0.4, 0.5) is 21.8 Å². The highest BCUT2D eigenvalue weighted by molar-refractivity contribution is 6.32. The number of benzene rings is 1. The predicted molar refractivity (Wildman–Crippen MR) is 109 cm³/mol. The molecule has 2 aromatic rings. The number of rotatable bonds is 5. The van der Waals surface area contributed by atoms with E-state index in [-0.39, 0.29) is 11.8 Å². The topological polar surface area (TPSA) is 94.3 Å². The molecule has 1 aliphatic heterocycles. The van der Waals surface area contributed by atoms with E-state index in [1.54, 1.807) is 36.4 Å². The van der Waals surface area contributed by atoms with Crippen molar-refractivity contribution in [1.82, 2.24) is 9.97 Å². The van der Waals surface area contributed by atoms with E-state index in [1.807, 2.05) is 0 Å². The Hall–Kier alpha value is -3.52. The van der Waals surface area contributed by atoms with E-state index in [1.165, 1.54) is 13.4 Å². The third-order valence-electron chi connectivity index (χ3n) is 4.32. The molecule has 7 nitrogen and oxygen atoms in total. The van der Waals surface area contributed by atoms with Crippen molar-refractivity contribution in [2.45, 2.75) is 6.42 Å². The van der Waals surface area contributed by atoms with Gasteiger partial charge in [0.25, 0.3) is 0 Å². The summed E-state index contributed by atoms with van der Waals surface area (Å²) in [5.74, 6) is 0.895. The van der Waals surface area contributed by atoms with Crippen LogP contribution in [0.15, 0.2) is 71.6 Å². The van der Waals surface area contributed by atoms with Gasteiger partial charge in [-0.2, -0.15) is 4.98 Å². The SMILES string of the molecule is COc1ccc(Nc2ncc(F)c(NC3=CC=C4OC=CC(N)=C4C3)n2)cc1Cl. The van der Waals surface area contributed by atoms with Crippen molar-refractivity contribution in [1.29, 1.82) is 0 Å². The van der Waals surface area contributed by atoms with Crippen molar-refractivity contribution in [2.75, 3.05) is 17.7 Å². The first-order valence-corrected chi connectivity index (χ1v) is 9.04. The molecular weight excluding hydrogens is 397 g/mol. The fraction of sp³-hybridized carbons (Fsp3) is 0.100. The van der Waals surface area contributed by atoms with Crippen molar-refractivity contribution < 1.29 is 13.9 Å². The summed E-state index contributed by atoms with van der Waals surface area (Å²) in [7, 11) is 1.53. The van der Waals surface area contributed by atoms with Gasteiger partial charge < -0.3 is 25.8 Å². The Morgan fingerprint density at radius 2 is 2.14 bits per heavy atom. The van der Waals surface area contributed by atoms with Crippen LogP contribution in [0.3, 0.4) is 0 Å². The van der Waals surface area contributed by atoms with E-state index >= 15 is 0 Å². The summed E-state index contributed by atoms with van der Waals surface area (Å²) in [6, 6.07) is 5.14. The number of anilines is 3. The zero-order valence-corrected chi connectivity index (χ0v) is 16.1. The molecule has 29 heavy (non-hydrogen) atoms. The lowest BCUT2D eigenvalue weighted by Gasteiger charge is -2.22. The van der Waals surface area contributed by atoms with Crippen LogP contribution in [0, 0.1) is 5.82 Å². The molecule has 4 N–H and O–H groups in total. The standard InChI is InChI=1S/C20H17ClFN5O2/c1-28-18-5-3-12(9-14(18)21)26-20-24-10-15(22)19(27-20)25-11-2-4-17-13(8-11)16(23)6-7-29-17/h2-7,9-10H,8,23H2,1H3,(H2,24,25,26,27). The van der Waals surface area contributed by atoms with Crippen LogP contribution in [0.1, 0.15) is 6.42 Å². The summed E-state index contributed by atoms with van der Waals surface area (Å²) in [4.78, 5) is 8.20. The maximum atomic E-state index is 14.3. The third-order valence-corrected chi connectivity index (χ3v) is 4.62. The van der Waals surface area contributed by atoms with Crippen LogP contribution in [-0.2, 0) is 4.74 Å². The predicted octanol–water partition coefficient (Wildman–Crippen LogP) is 4.36. The number of methoxy groups -OCH3 is 1. The molecule has 0 fully saturated rings. The number of fused-ring (bicyclic) bond motifs is 1. The molecule has 0 atom stereocenters. The second-order valence-corrected chi connectivity index (χ2v) is 6.65. The number of allylic oxidation sites excluding steroid dienone is 5. The van der Waals surface area contributed by atoms with Gasteiger partial charge in [0.15, 0.2) is 11.6 Å².